The van der Waals surface area contributed by atoms with Crippen LogP contribution in [0, 0.1) is 6.92 Å². The number of ether oxygens (including phenoxy) is 1. The van der Waals surface area contributed by atoms with Crippen molar-refractivity contribution in [1.82, 2.24) is 0 Å². The Kier molecular flexibility index (Phi) is 4.12. The highest BCUT2D eigenvalue weighted by Gasteiger charge is 2.30. The van der Waals surface area contributed by atoms with Gasteiger partial charge in [0.25, 0.3) is 5.91 Å². The molecule has 0 spiro atoms. The fourth-order valence-corrected chi connectivity index (χ4v) is 1.41. The van der Waals surface area contributed by atoms with E-state index in [9.17, 15) is 4.79 Å². The van der Waals surface area contributed by atoms with E-state index in [-0.39, 0.29) is 5.91 Å². The number of methoxy groups -OCH3 is 1. The number of carbonyl (C=O) groups is 1. The maximum atomic E-state index is 12.0. The van der Waals surface area contributed by atoms with E-state index in [1.807, 2.05) is 19.9 Å². The molecule has 0 saturated heterocycles. The molecule has 0 fully saturated rings. The first-order chi connectivity index (χ1) is 7.92. The van der Waals surface area contributed by atoms with Gasteiger partial charge < -0.3 is 15.8 Å². The number of benzene rings is 1. The van der Waals surface area contributed by atoms with Crippen LogP contribution >= 0.6 is 0 Å². The van der Waals surface area contributed by atoms with Crippen molar-refractivity contribution >= 4 is 17.3 Å². The van der Waals surface area contributed by atoms with Gasteiger partial charge in [-0.2, -0.15) is 0 Å². The lowest BCUT2D eigenvalue weighted by molar-refractivity contribution is -0.136. The molecular formula is C13H20N2O2. The summed E-state index contributed by atoms with van der Waals surface area (Å²) >= 11 is 0. The van der Waals surface area contributed by atoms with Gasteiger partial charge in [-0.3, -0.25) is 4.79 Å². The fraction of sp³-hybridized carbons (Fsp3) is 0.462. The number of amides is 1. The summed E-state index contributed by atoms with van der Waals surface area (Å²) in [4.78, 5) is 12.0. The summed E-state index contributed by atoms with van der Waals surface area (Å²) in [7, 11) is 1.54. The van der Waals surface area contributed by atoms with Crippen LogP contribution in [0.15, 0.2) is 18.2 Å². The Hall–Kier alpha value is -1.55. The molecule has 1 atom stereocenters. The van der Waals surface area contributed by atoms with E-state index in [1.54, 1.807) is 19.1 Å². The predicted molar refractivity (Wildman–Crippen MR) is 69.9 cm³/mol. The van der Waals surface area contributed by atoms with E-state index in [0.29, 0.717) is 12.1 Å². The van der Waals surface area contributed by atoms with Crippen molar-refractivity contribution in [3.05, 3.63) is 23.8 Å². The molecule has 0 aliphatic carbocycles. The topological polar surface area (TPSA) is 64.3 Å². The van der Waals surface area contributed by atoms with Crippen molar-refractivity contribution in [2.75, 3.05) is 18.2 Å². The number of nitrogens with one attached hydrogen (secondary N) is 1. The van der Waals surface area contributed by atoms with Crippen molar-refractivity contribution in [3.63, 3.8) is 0 Å². The summed E-state index contributed by atoms with van der Waals surface area (Å²) in [5.41, 5.74) is 7.32. The lowest BCUT2D eigenvalue weighted by atomic mass is 10.0. The summed E-state index contributed by atoms with van der Waals surface area (Å²) < 4.78 is 5.24. The number of anilines is 2. The predicted octanol–water partition coefficient (Wildman–Crippen LogP) is 2.33. The molecule has 0 aromatic heterocycles. The third-order valence-electron chi connectivity index (χ3n) is 3.13. The van der Waals surface area contributed by atoms with Crippen LogP contribution in [0.3, 0.4) is 0 Å². The molecule has 0 heterocycles. The first-order valence-electron chi connectivity index (χ1n) is 5.65. The van der Waals surface area contributed by atoms with Gasteiger partial charge in [0.1, 0.15) is 5.60 Å². The number of hydrogen-bond acceptors (Lipinski definition) is 3. The van der Waals surface area contributed by atoms with E-state index < -0.39 is 5.60 Å². The second-order valence-electron chi connectivity index (χ2n) is 4.31. The minimum absolute atomic E-state index is 0.147. The molecule has 94 valence electrons. The second-order valence-corrected chi connectivity index (χ2v) is 4.31. The van der Waals surface area contributed by atoms with Crippen LogP contribution in [0.4, 0.5) is 11.4 Å². The van der Waals surface area contributed by atoms with Crippen molar-refractivity contribution in [2.45, 2.75) is 32.8 Å². The molecule has 17 heavy (non-hydrogen) atoms. The minimum atomic E-state index is -0.796. The number of nitrogens with two attached hydrogens (primary N) is 1. The molecule has 0 saturated carbocycles. The summed E-state index contributed by atoms with van der Waals surface area (Å²) in [6.45, 7) is 5.59. The van der Waals surface area contributed by atoms with Gasteiger partial charge in [0, 0.05) is 18.5 Å². The van der Waals surface area contributed by atoms with Crippen LogP contribution in [-0.2, 0) is 9.53 Å². The Labute approximate surface area is 102 Å². The third kappa shape index (κ3) is 2.97. The standard InChI is InChI=1S/C13H20N2O2/c1-5-13(3,17-4)12(16)15-10-6-7-11(14)9(2)8-10/h6-8H,5,14H2,1-4H3,(H,15,16). The van der Waals surface area contributed by atoms with Crippen LogP contribution in [0.1, 0.15) is 25.8 Å². The van der Waals surface area contributed by atoms with Gasteiger partial charge >= 0.3 is 0 Å². The Morgan fingerprint density at radius 3 is 2.65 bits per heavy atom. The van der Waals surface area contributed by atoms with Crippen LogP contribution in [0.25, 0.3) is 0 Å². The molecule has 1 aromatic carbocycles. The number of carbonyl (C=O) groups excluding carboxylic acids is 1. The number of hydrogen-bond donors (Lipinski definition) is 2. The largest absolute Gasteiger partial charge is 0.399 e. The molecule has 1 amide bonds. The molecule has 1 unspecified atom stereocenters. The Balaban J connectivity index is 2.84. The second kappa shape index (κ2) is 5.19. The molecule has 4 nitrogen and oxygen atoms in total. The Bertz CT molecular complexity index is 412. The van der Waals surface area contributed by atoms with E-state index in [2.05, 4.69) is 5.32 Å². The highest BCUT2D eigenvalue weighted by Crippen LogP contribution is 2.20. The van der Waals surface area contributed by atoms with Crippen molar-refractivity contribution in [2.24, 2.45) is 0 Å². The molecule has 3 N–H and O–H groups in total. The van der Waals surface area contributed by atoms with E-state index in [1.165, 1.54) is 7.11 Å². The zero-order valence-corrected chi connectivity index (χ0v) is 10.8. The monoisotopic (exact) mass is 236 g/mol. The smallest absolute Gasteiger partial charge is 0.256 e. The maximum absolute atomic E-state index is 12.0. The maximum Gasteiger partial charge on any atom is 0.256 e. The lowest BCUT2D eigenvalue weighted by Crippen LogP contribution is -2.41. The molecule has 4 heteroatoms. The summed E-state index contributed by atoms with van der Waals surface area (Å²) in [6, 6.07) is 5.41. The van der Waals surface area contributed by atoms with Crippen LogP contribution < -0.4 is 11.1 Å². The molecule has 0 aliphatic rings. The van der Waals surface area contributed by atoms with Gasteiger partial charge in [-0.05, 0) is 44.0 Å². The average Bonchev–Trinajstić information content (AvgIpc) is 2.32. The van der Waals surface area contributed by atoms with E-state index in [4.69, 9.17) is 10.5 Å². The third-order valence-corrected chi connectivity index (χ3v) is 3.13. The highest BCUT2D eigenvalue weighted by atomic mass is 16.5. The highest BCUT2D eigenvalue weighted by molar-refractivity contribution is 5.97. The Morgan fingerprint density at radius 1 is 1.53 bits per heavy atom. The SMILES string of the molecule is CCC(C)(OC)C(=O)Nc1ccc(N)c(C)c1. The van der Waals surface area contributed by atoms with Gasteiger partial charge in [0.05, 0.1) is 0 Å². The summed E-state index contributed by atoms with van der Waals surface area (Å²) in [5.74, 6) is -0.147. The van der Waals surface area contributed by atoms with Gasteiger partial charge in [-0.25, -0.2) is 0 Å². The molecule has 1 rings (SSSR count). The minimum Gasteiger partial charge on any atom is -0.399 e. The number of rotatable bonds is 4. The van der Waals surface area contributed by atoms with E-state index >= 15 is 0 Å². The molecule has 1 aromatic rings. The van der Waals surface area contributed by atoms with Gasteiger partial charge in [0.2, 0.25) is 0 Å². The quantitative estimate of drug-likeness (QED) is 0.789. The van der Waals surface area contributed by atoms with Crippen LogP contribution in [0.2, 0.25) is 0 Å². The molecule has 0 bridgehead atoms. The summed E-state index contributed by atoms with van der Waals surface area (Å²) in [5, 5.41) is 2.83. The lowest BCUT2D eigenvalue weighted by Gasteiger charge is -2.25. The van der Waals surface area contributed by atoms with Gasteiger partial charge in [-0.15, -0.1) is 0 Å². The first kappa shape index (κ1) is 13.5. The zero-order chi connectivity index (χ0) is 13.1. The van der Waals surface area contributed by atoms with E-state index in [0.717, 1.165) is 11.3 Å². The summed E-state index contributed by atoms with van der Waals surface area (Å²) in [6.07, 6.45) is 0.614. The molecule has 0 radical (unpaired) electrons. The fourth-order valence-electron chi connectivity index (χ4n) is 1.41. The molecule has 0 aliphatic heterocycles. The normalized spacial score (nSPS) is 14.1. The first-order valence-corrected chi connectivity index (χ1v) is 5.65. The van der Waals surface area contributed by atoms with Crippen molar-refractivity contribution in [3.8, 4) is 0 Å². The number of aryl methyl sites for hydroxylation is 1. The van der Waals surface area contributed by atoms with Gasteiger partial charge in [-0.1, -0.05) is 6.92 Å². The Morgan fingerprint density at radius 2 is 2.18 bits per heavy atom. The van der Waals surface area contributed by atoms with Gasteiger partial charge in [0.15, 0.2) is 0 Å². The average molecular weight is 236 g/mol. The van der Waals surface area contributed by atoms with Crippen LogP contribution in [0.5, 0.6) is 0 Å². The number of nitrogen functional groups attached to an aromatic ring is 1. The van der Waals surface area contributed by atoms with Crippen molar-refractivity contribution in [1.29, 1.82) is 0 Å². The zero-order valence-electron chi connectivity index (χ0n) is 10.8. The molecular weight excluding hydrogens is 216 g/mol. The van der Waals surface area contributed by atoms with Crippen molar-refractivity contribution < 1.29 is 9.53 Å². The van der Waals surface area contributed by atoms with Crippen LogP contribution in [-0.4, -0.2) is 18.6 Å².